The maximum absolute atomic E-state index is 13.9. The van der Waals surface area contributed by atoms with Gasteiger partial charge in [-0.15, -0.1) is 0 Å². The smallest absolute Gasteiger partial charge is 0.270 e. The van der Waals surface area contributed by atoms with E-state index >= 15 is 0 Å². The fourth-order valence-electron chi connectivity index (χ4n) is 4.09. The summed E-state index contributed by atoms with van der Waals surface area (Å²) < 4.78 is 27.9. The van der Waals surface area contributed by atoms with Crippen LogP contribution in [-0.4, -0.2) is 11.5 Å². The van der Waals surface area contributed by atoms with E-state index in [0.717, 1.165) is 43.9 Å². The van der Waals surface area contributed by atoms with Gasteiger partial charge in [-0.3, -0.25) is 0 Å². The van der Waals surface area contributed by atoms with E-state index in [9.17, 15) is 8.78 Å². The number of hydrogen-bond donors (Lipinski definition) is 2. The molecule has 0 amide bonds. The maximum atomic E-state index is 13.9. The number of alkyl halides is 2. The van der Waals surface area contributed by atoms with E-state index in [4.69, 9.17) is 10.7 Å². The molecule has 0 saturated carbocycles. The molecule has 0 saturated heterocycles. The number of halogens is 2. The van der Waals surface area contributed by atoms with Crippen LogP contribution < -0.4 is 16.0 Å². The summed E-state index contributed by atoms with van der Waals surface area (Å²) in [7, 11) is 0. The predicted octanol–water partition coefficient (Wildman–Crippen LogP) is 7.89. The molecule has 6 heteroatoms. The molecule has 1 aromatic heterocycles. The summed E-state index contributed by atoms with van der Waals surface area (Å²) in [6.45, 7) is 12.3. The Bertz CT molecular complexity index is 1170. The third kappa shape index (κ3) is 6.38. The van der Waals surface area contributed by atoms with E-state index in [-0.39, 0.29) is 5.56 Å². The van der Waals surface area contributed by atoms with Gasteiger partial charge >= 0.3 is 0 Å². The van der Waals surface area contributed by atoms with Gasteiger partial charge in [0.2, 0.25) is 0 Å². The van der Waals surface area contributed by atoms with Gasteiger partial charge in [0, 0.05) is 30.3 Å². The van der Waals surface area contributed by atoms with Gasteiger partial charge in [-0.25, -0.2) is 13.8 Å². The van der Waals surface area contributed by atoms with Crippen molar-refractivity contribution in [2.75, 3.05) is 22.5 Å². The zero-order chi connectivity index (χ0) is 25.6. The van der Waals surface area contributed by atoms with Crippen molar-refractivity contribution in [3.8, 4) is 11.3 Å². The number of nitrogens with zero attached hydrogens (tertiary/aromatic N) is 2. The lowest BCUT2D eigenvalue weighted by Crippen LogP contribution is -2.29. The second-order valence-corrected chi connectivity index (χ2v) is 8.97. The molecule has 0 unspecified atom stereocenters. The number of pyridine rings is 1. The van der Waals surface area contributed by atoms with E-state index in [1.807, 2.05) is 4.90 Å². The van der Waals surface area contributed by atoms with Gasteiger partial charge in [0.25, 0.3) is 5.92 Å². The topological polar surface area (TPSA) is 54.2 Å². The van der Waals surface area contributed by atoms with Crippen LogP contribution in [-0.2, 0) is 12.3 Å². The molecule has 0 fully saturated rings. The second kappa shape index (κ2) is 11.3. The van der Waals surface area contributed by atoms with Gasteiger partial charge in [-0.2, -0.15) is 0 Å². The highest BCUT2D eigenvalue weighted by atomic mass is 19.3. The number of nitrogens with one attached hydrogen (secondary N) is 1. The third-order valence-corrected chi connectivity index (χ3v) is 6.15. The second-order valence-electron chi connectivity index (χ2n) is 8.97. The number of nitrogens with two attached hydrogens (primary N) is 1. The van der Waals surface area contributed by atoms with Gasteiger partial charge < -0.3 is 16.0 Å². The normalized spacial score (nSPS) is 11.4. The van der Waals surface area contributed by atoms with Gasteiger partial charge in [0.15, 0.2) is 5.82 Å². The Hall–Kier alpha value is -3.41. The van der Waals surface area contributed by atoms with Crippen LogP contribution in [0.2, 0.25) is 0 Å². The fraction of sp³-hybridized carbons (Fsp3) is 0.345. The molecule has 0 aliphatic rings. The molecule has 186 valence electrons. The molecule has 0 spiro atoms. The lowest BCUT2D eigenvalue weighted by Gasteiger charge is -2.29. The minimum atomic E-state index is -2.93. The number of para-hydroxylation sites is 1. The Balaban J connectivity index is 2.01. The Morgan fingerprint density at radius 1 is 1.09 bits per heavy atom. The molecule has 4 nitrogen and oxygen atoms in total. The molecular formula is C29H36F2N4. The highest BCUT2D eigenvalue weighted by molar-refractivity contribution is 5.73. The van der Waals surface area contributed by atoms with Crippen molar-refractivity contribution in [2.24, 2.45) is 0 Å². The summed E-state index contributed by atoms with van der Waals surface area (Å²) >= 11 is 0. The van der Waals surface area contributed by atoms with Crippen LogP contribution >= 0.6 is 0 Å². The standard InChI is InChI=1S/C29H36F2N4/c1-6-8-9-18-35(21(4)33-27-20(3)12-10-13-22(27)7-2)28-25(32)16-17-26(34-28)23-14-11-15-24(19-23)29(5,30)31/h10-17,19,33H,4,6-9,18,32H2,1-3,5H3. The number of hydrogen-bond acceptors (Lipinski definition) is 4. The van der Waals surface area contributed by atoms with Crippen molar-refractivity contribution in [1.29, 1.82) is 0 Å². The van der Waals surface area contributed by atoms with Crippen molar-refractivity contribution >= 4 is 17.2 Å². The van der Waals surface area contributed by atoms with Gasteiger partial charge in [-0.05, 0) is 49.1 Å². The van der Waals surface area contributed by atoms with Gasteiger partial charge in [0.05, 0.1) is 11.4 Å². The highest BCUT2D eigenvalue weighted by Crippen LogP contribution is 2.33. The van der Waals surface area contributed by atoms with Crippen LogP contribution in [0.15, 0.2) is 67.0 Å². The van der Waals surface area contributed by atoms with Crippen LogP contribution in [0.5, 0.6) is 0 Å². The summed E-state index contributed by atoms with van der Waals surface area (Å²) in [6, 6.07) is 16.1. The van der Waals surface area contributed by atoms with Crippen LogP contribution in [0.1, 0.15) is 56.7 Å². The van der Waals surface area contributed by atoms with E-state index < -0.39 is 5.92 Å². The zero-order valence-corrected chi connectivity index (χ0v) is 21.2. The van der Waals surface area contributed by atoms with Crippen LogP contribution in [0, 0.1) is 6.92 Å². The molecule has 3 rings (SSSR count). The first-order valence-corrected chi connectivity index (χ1v) is 12.2. The van der Waals surface area contributed by atoms with E-state index in [2.05, 4.69) is 50.9 Å². The van der Waals surface area contributed by atoms with Gasteiger partial charge in [0.1, 0.15) is 5.82 Å². The number of aryl methyl sites for hydroxylation is 2. The minimum Gasteiger partial charge on any atom is -0.396 e. The van der Waals surface area contributed by atoms with E-state index in [1.54, 1.807) is 24.3 Å². The molecule has 2 aromatic carbocycles. The number of aromatic nitrogens is 1. The van der Waals surface area contributed by atoms with E-state index in [1.165, 1.54) is 17.7 Å². The Kier molecular flexibility index (Phi) is 8.49. The molecule has 0 radical (unpaired) electrons. The van der Waals surface area contributed by atoms with Crippen molar-refractivity contribution < 1.29 is 8.78 Å². The molecule has 0 bridgehead atoms. The summed E-state index contributed by atoms with van der Waals surface area (Å²) in [5.41, 5.74) is 11.4. The van der Waals surface area contributed by atoms with Crippen molar-refractivity contribution in [3.63, 3.8) is 0 Å². The monoisotopic (exact) mass is 478 g/mol. The lowest BCUT2D eigenvalue weighted by atomic mass is 10.0. The summed E-state index contributed by atoms with van der Waals surface area (Å²) in [4.78, 5) is 6.83. The van der Waals surface area contributed by atoms with Crippen LogP contribution in [0.25, 0.3) is 11.3 Å². The number of anilines is 3. The van der Waals surface area contributed by atoms with E-state index in [0.29, 0.717) is 35.1 Å². The van der Waals surface area contributed by atoms with Crippen LogP contribution in [0.3, 0.4) is 0 Å². The van der Waals surface area contributed by atoms with Crippen LogP contribution in [0.4, 0.5) is 26.0 Å². The predicted molar refractivity (Wildman–Crippen MR) is 144 cm³/mol. The largest absolute Gasteiger partial charge is 0.396 e. The molecular weight excluding hydrogens is 442 g/mol. The Morgan fingerprint density at radius 3 is 2.51 bits per heavy atom. The average Bonchev–Trinajstić information content (AvgIpc) is 2.83. The number of nitrogen functional groups attached to an aromatic ring is 1. The summed E-state index contributed by atoms with van der Waals surface area (Å²) in [6.07, 6.45) is 3.96. The third-order valence-electron chi connectivity index (χ3n) is 6.15. The number of benzene rings is 2. The van der Waals surface area contributed by atoms with Crippen molar-refractivity contribution in [1.82, 2.24) is 4.98 Å². The molecule has 35 heavy (non-hydrogen) atoms. The number of rotatable bonds is 11. The average molecular weight is 479 g/mol. The summed E-state index contributed by atoms with van der Waals surface area (Å²) in [5.74, 6) is -1.69. The Morgan fingerprint density at radius 2 is 1.83 bits per heavy atom. The first-order chi connectivity index (χ1) is 16.7. The SMILES string of the molecule is C=C(Nc1c(C)cccc1CC)N(CCCCC)c1nc(-c2cccc(C(C)(F)F)c2)ccc1N. The lowest BCUT2D eigenvalue weighted by molar-refractivity contribution is 0.0175. The van der Waals surface area contributed by atoms with Crippen molar-refractivity contribution in [2.45, 2.75) is 59.3 Å². The zero-order valence-electron chi connectivity index (χ0n) is 21.2. The maximum Gasteiger partial charge on any atom is 0.270 e. The quantitative estimate of drug-likeness (QED) is 0.275. The first-order valence-electron chi connectivity index (χ1n) is 12.2. The minimum absolute atomic E-state index is 0.0484. The molecule has 0 aliphatic heterocycles. The van der Waals surface area contributed by atoms with Gasteiger partial charge in [-0.1, -0.05) is 69.7 Å². The molecule has 0 aliphatic carbocycles. The Labute approximate surface area is 207 Å². The number of unbranched alkanes of at least 4 members (excludes halogenated alkanes) is 2. The fourth-order valence-corrected chi connectivity index (χ4v) is 4.09. The first kappa shape index (κ1) is 26.2. The summed E-state index contributed by atoms with van der Waals surface area (Å²) in [5, 5.41) is 3.51. The molecule has 3 aromatic rings. The highest BCUT2D eigenvalue weighted by Gasteiger charge is 2.25. The molecule has 3 N–H and O–H groups in total. The molecule has 1 heterocycles. The van der Waals surface area contributed by atoms with Crippen molar-refractivity contribution in [3.05, 3.63) is 83.7 Å². The molecule has 0 atom stereocenters.